The summed E-state index contributed by atoms with van der Waals surface area (Å²) >= 11 is 1.58. The maximum atomic E-state index is 12.4. The Labute approximate surface area is 145 Å². The van der Waals surface area contributed by atoms with E-state index < -0.39 is 0 Å². The Morgan fingerprint density at radius 3 is 3.08 bits per heavy atom. The lowest BCUT2D eigenvalue weighted by Gasteiger charge is -2.26. The number of urea groups is 1. The SMILES string of the molecule is Cc1nc(CN(C)[C@@H]2CCCN(C(=O)Nc3ccsc3)CC2)no1. The van der Waals surface area contributed by atoms with Crippen molar-refractivity contribution in [3.05, 3.63) is 28.5 Å². The Hall–Kier alpha value is -1.93. The van der Waals surface area contributed by atoms with Gasteiger partial charge in [0, 0.05) is 31.4 Å². The molecule has 1 saturated heterocycles. The highest BCUT2D eigenvalue weighted by molar-refractivity contribution is 7.08. The molecule has 1 N–H and O–H groups in total. The summed E-state index contributed by atoms with van der Waals surface area (Å²) < 4.78 is 5.03. The molecule has 7 nitrogen and oxygen atoms in total. The highest BCUT2D eigenvalue weighted by Crippen LogP contribution is 2.19. The molecule has 0 aromatic carbocycles. The molecule has 2 aromatic heterocycles. The van der Waals surface area contributed by atoms with Crippen molar-refractivity contribution in [1.29, 1.82) is 0 Å². The minimum atomic E-state index is -0.00880. The first-order valence-electron chi connectivity index (χ1n) is 8.19. The number of likely N-dealkylation sites (tertiary alicyclic amines) is 1. The number of aromatic nitrogens is 2. The third-order valence-corrected chi connectivity index (χ3v) is 5.02. The van der Waals surface area contributed by atoms with Crippen molar-refractivity contribution in [2.75, 3.05) is 25.5 Å². The van der Waals surface area contributed by atoms with Crippen LogP contribution in [0, 0.1) is 6.92 Å². The van der Waals surface area contributed by atoms with Gasteiger partial charge in [-0.05, 0) is 37.8 Å². The summed E-state index contributed by atoms with van der Waals surface area (Å²) in [5, 5.41) is 10.8. The fourth-order valence-corrected chi connectivity index (χ4v) is 3.61. The second kappa shape index (κ2) is 7.76. The van der Waals surface area contributed by atoms with Gasteiger partial charge >= 0.3 is 6.03 Å². The number of aryl methyl sites for hydroxylation is 1. The fourth-order valence-electron chi connectivity index (χ4n) is 3.02. The van der Waals surface area contributed by atoms with Gasteiger partial charge in [0.15, 0.2) is 5.82 Å². The standard InChI is InChI=1S/C16H23N5O2S/c1-12-17-15(19-23-12)10-20(2)14-4-3-7-21(8-5-14)16(22)18-13-6-9-24-11-13/h6,9,11,14H,3-5,7-8,10H2,1-2H3,(H,18,22)/t14-/m1/s1. The number of hydrogen-bond acceptors (Lipinski definition) is 6. The predicted molar refractivity (Wildman–Crippen MR) is 93.1 cm³/mol. The van der Waals surface area contributed by atoms with Crippen LogP contribution in [0.1, 0.15) is 31.0 Å². The van der Waals surface area contributed by atoms with E-state index in [1.165, 1.54) is 0 Å². The topological polar surface area (TPSA) is 74.5 Å². The van der Waals surface area contributed by atoms with Crippen molar-refractivity contribution >= 4 is 23.1 Å². The van der Waals surface area contributed by atoms with Crippen LogP contribution in [0.25, 0.3) is 0 Å². The number of nitrogens with one attached hydrogen (secondary N) is 1. The Morgan fingerprint density at radius 1 is 1.50 bits per heavy atom. The van der Waals surface area contributed by atoms with Gasteiger partial charge in [-0.3, -0.25) is 4.90 Å². The van der Waals surface area contributed by atoms with Gasteiger partial charge in [-0.15, -0.1) is 0 Å². The number of nitrogens with zero attached hydrogens (tertiary/aromatic N) is 4. The summed E-state index contributed by atoms with van der Waals surface area (Å²) in [5.41, 5.74) is 0.871. The lowest BCUT2D eigenvalue weighted by Crippen LogP contribution is -2.37. The molecule has 1 aliphatic rings. The molecule has 2 aromatic rings. The smallest absolute Gasteiger partial charge is 0.321 e. The quantitative estimate of drug-likeness (QED) is 0.918. The minimum absolute atomic E-state index is 0.00880. The molecule has 0 unspecified atom stereocenters. The Kier molecular flexibility index (Phi) is 5.47. The van der Waals surface area contributed by atoms with Gasteiger partial charge in [0.05, 0.1) is 12.2 Å². The number of carbonyl (C=O) groups excluding carboxylic acids is 1. The van der Waals surface area contributed by atoms with Crippen molar-refractivity contribution in [3.8, 4) is 0 Å². The first kappa shape index (κ1) is 16.9. The molecule has 24 heavy (non-hydrogen) atoms. The number of anilines is 1. The van der Waals surface area contributed by atoms with Crippen molar-refractivity contribution in [2.45, 2.75) is 38.8 Å². The Morgan fingerprint density at radius 2 is 2.38 bits per heavy atom. The van der Waals surface area contributed by atoms with Crippen LogP contribution in [0.4, 0.5) is 10.5 Å². The molecule has 0 saturated carbocycles. The molecule has 0 bridgehead atoms. The first-order valence-corrected chi connectivity index (χ1v) is 9.13. The zero-order chi connectivity index (χ0) is 16.9. The monoisotopic (exact) mass is 349 g/mol. The Bertz CT molecular complexity index is 657. The molecular weight excluding hydrogens is 326 g/mol. The van der Waals surface area contributed by atoms with Gasteiger partial charge in [0.2, 0.25) is 5.89 Å². The molecule has 0 radical (unpaired) electrons. The number of amides is 2. The maximum absolute atomic E-state index is 12.4. The first-order chi connectivity index (χ1) is 11.6. The summed E-state index contributed by atoms with van der Waals surface area (Å²) in [6, 6.07) is 2.33. The largest absolute Gasteiger partial charge is 0.340 e. The molecular formula is C16H23N5O2S. The van der Waals surface area contributed by atoms with Gasteiger partial charge in [-0.1, -0.05) is 5.16 Å². The van der Waals surface area contributed by atoms with E-state index in [0.717, 1.165) is 38.0 Å². The molecule has 0 aliphatic carbocycles. The molecule has 2 amide bonds. The van der Waals surface area contributed by atoms with E-state index in [0.29, 0.717) is 24.3 Å². The maximum Gasteiger partial charge on any atom is 0.321 e. The summed E-state index contributed by atoms with van der Waals surface area (Å²) in [4.78, 5) is 20.8. The normalized spacial score (nSPS) is 18.6. The molecule has 1 atom stereocenters. The molecule has 3 rings (SSSR count). The summed E-state index contributed by atoms with van der Waals surface area (Å²) in [7, 11) is 2.08. The molecule has 8 heteroatoms. The number of carbonyl (C=O) groups is 1. The zero-order valence-corrected chi connectivity index (χ0v) is 14.9. The van der Waals surface area contributed by atoms with Gasteiger partial charge in [-0.25, -0.2) is 4.79 Å². The highest BCUT2D eigenvalue weighted by atomic mass is 32.1. The van der Waals surface area contributed by atoms with E-state index in [-0.39, 0.29) is 6.03 Å². The average Bonchev–Trinajstić information content (AvgIpc) is 3.12. The van der Waals surface area contributed by atoms with Crippen LogP contribution in [0.3, 0.4) is 0 Å². The van der Waals surface area contributed by atoms with E-state index in [1.54, 1.807) is 18.3 Å². The minimum Gasteiger partial charge on any atom is -0.340 e. The van der Waals surface area contributed by atoms with Crippen molar-refractivity contribution in [3.63, 3.8) is 0 Å². The molecule has 3 heterocycles. The van der Waals surface area contributed by atoms with Crippen molar-refractivity contribution in [2.24, 2.45) is 0 Å². The molecule has 1 fully saturated rings. The van der Waals surface area contributed by atoms with Gasteiger partial charge in [0.1, 0.15) is 0 Å². The van der Waals surface area contributed by atoms with E-state index in [4.69, 9.17) is 4.52 Å². The molecule has 130 valence electrons. The van der Waals surface area contributed by atoms with Crippen molar-refractivity contribution < 1.29 is 9.32 Å². The lowest BCUT2D eigenvalue weighted by atomic mass is 10.1. The van der Waals surface area contributed by atoms with Crippen LogP contribution in [0.2, 0.25) is 0 Å². The van der Waals surface area contributed by atoms with E-state index in [2.05, 4.69) is 27.4 Å². The third kappa shape index (κ3) is 4.33. The average molecular weight is 349 g/mol. The zero-order valence-electron chi connectivity index (χ0n) is 14.1. The third-order valence-electron chi connectivity index (χ3n) is 4.34. The molecule has 1 aliphatic heterocycles. The number of hydrogen-bond donors (Lipinski definition) is 1. The molecule has 0 spiro atoms. The highest BCUT2D eigenvalue weighted by Gasteiger charge is 2.24. The summed E-state index contributed by atoms with van der Waals surface area (Å²) in [5.74, 6) is 1.31. The number of rotatable bonds is 4. The van der Waals surface area contributed by atoms with Crippen LogP contribution >= 0.6 is 11.3 Å². The van der Waals surface area contributed by atoms with E-state index >= 15 is 0 Å². The van der Waals surface area contributed by atoms with Gasteiger partial charge < -0.3 is 14.7 Å². The second-order valence-electron chi connectivity index (χ2n) is 6.16. The summed E-state index contributed by atoms with van der Waals surface area (Å²) in [6.45, 7) is 4.02. The lowest BCUT2D eigenvalue weighted by molar-refractivity contribution is 0.197. The number of thiophene rings is 1. The van der Waals surface area contributed by atoms with Crippen LogP contribution in [-0.4, -0.2) is 52.2 Å². The van der Waals surface area contributed by atoms with E-state index in [9.17, 15) is 4.79 Å². The van der Waals surface area contributed by atoms with E-state index in [1.807, 2.05) is 21.7 Å². The fraction of sp³-hybridized carbons (Fsp3) is 0.562. The van der Waals surface area contributed by atoms with Crippen LogP contribution in [-0.2, 0) is 6.54 Å². The summed E-state index contributed by atoms with van der Waals surface area (Å²) in [6.07, 6.45) is 3.01. The second-order valence-corrected chi connectivity index (χ2v) is 6.94. The van der Waals surface area contributed by atoms with Gasteiger partial charge in [-0.2, -0.15) is 16.3 Å². The van der Waals surface area contributed by atoms with Gasteiger partial charge in [0.25, 0.3) is 0 Å². The predicted octanol–water partition coefficient (Wildman–Crippen LogP) is 2.96. The van der Waals surface area contributed by atoms with Crippen LogP contribution in [0.5, 0.6) is 0 Å². The van der Waals surface area contributed by atoms with Crippen LogP contribution in [0.15, 0.2) is 21.3 Å². The Balaban J connectivity index is 1.51. The van der Waals surface area contributed by atoms with Crippen LogP contribution < -0.4 is 5.32 Å². The van der Waals surface area contributed by atoms with Crippen molar-refractivity contribution in [1.82, 2.24) is 19.9 Å².